The summed E-state index contributed by atoms with van der Waals surface area (Å²) < 4.78 is 0. The van der Waals surface area contributed by atoms with Crippen LogP contribution < -0.4 is 0 Å². The Morgan fingerprint density at radius 2 is 1.88 bits per heavy atom. The van der Waals surface area contributed by atoms with Gasteiger partial charge in [-0.3, -0.25) is 0 Å². The average molecular weight is 188 g/mol. The maximum atomic E-state index is 6.78. The van der Waals surface area contributed by atoms with Crippen LogP contribution in [-0.2, 0) is 32.7 Å². The molecule has 0 aromatic heterocycles. The zero-order valence-electron chi connectivity index (χ0n) is 5.70. The molecule has 47 valence electrons. The van der Waals surface area contributed by atoms with E-state index in [4.69, 9.17) is 5.73 Å². The van der Waals surface area contributed by atoms with Crippen molar-refractivity contribution < 1.29 is 32.7 Å². The van der Waals surface area contributed by atoms with Gasteiger partial charge in [0, 0.05) is 32.7 Å². The Kier molecular flexibility index (Phi) is 11.9. The van der Waals surface area contributed by atoms with E-state index in [1.165, 1.54) is 5.92 Å². The third-order valence-corrected chi connectivity index (χ3v) is 0.854. The molecule has 1 radical (unpaired) electrons. The van der Waals surface area contributed by atoms with E-state index in [0.717, 1.165) is 12.8 Å². The monoisotopic (exact) mass is 188 g/mol. The Morgan fingerprint density at radius 1 is 1.38 bits per heavy atom. The molecule has 0 unspecified atom stereocenters. The third kappa shape index (κ3) is 10.1. The molecule has 0 fully saturated rings. The van der Waals surface area contributed by atoms with E-state index in [9.17, 15) is 0 Å². The molecule has 2 heteroatoms. The molecule has 0 saturated heterocycles. The summed E-state index contributed by atoms with van der Waals surface area (Å²) in [6.07, 6.45) is 2.16. The van der Waals surface area contributed by atoms with Crippen molar-refractivity contribution in [1.82, 2.24) is 0 Å². The summed E-state index contributed by atoms with van der Waals surface area (Å²) in [5.41, 5.74) is 6.78. The largest absolute Gasteiger partial charge is 0.677 e. The van der Waals surface area contributed by atoms with Crippen LogP contribution in [0.1, 0.15) is 26.7 Å². The van der Waals surface area contributed by atoms with Gasteiger partial charge in [-0.25, -0.2) is 0 Å². The molecule has 1 nitrogen and oxygen atoms in total. The van der Waals surface area contributed by atoms with E-state index in [1.807, 2.05) is 0 Å². The molecule has 0 rings (SSSR count). The Hall–Kier alpha value is 1.06. The smallest absolute Gasteiger partial charge is 0 e. The second-order valence-electron chi connectivity index (χ2n) is 2.06. The van der Waals surface area contributed by atoms with Crippen LogP contribution in [0.5, 0.6) is 0 Å². The van der Waals surface area contributed by atoms with E-state index in [0.29, 0.717) is 6.54 Å². The van der Waals surface area contributed by atoms with Crippen LogP contribution in [-0.4, -0.2) is 6.54 Å². The van der Waals surface area contributed by atoms with Gasteiger partial charge in [0.15, 0.2) is 0 Å². The van der Waals surface area contributed by atoms with Gasteiger partial charge in [0.2, 0.25) is 0 Å². The molecule has 0 aromatic rings. The van der Waals surface area contributed by atoms with Crippen molar-refractivity contribution in [3.63, 3.8) is 0 Å². The molecule has 0 amide bonds. The van der Waals surface area contributed by atoms with E-state index in [-0.39, 0.29) is 32.7 Å². The number of nitrogens with one attached hydrogen (secondary N) is 1. The van der Waals surface area contributed by atoms with Crippen LogP contribution in [0.3, 0.4) is 0 Å². The normalized spacial score (nSPS) is 9.00. The minimum Gasteiger partial charge on any atom is -0.677 e. The predicted octanol–water partition coefficient (Wildman–Crippen LogP) is 2.43. The summed E-state index contributed by atoms with van der Waals surface area (Å²) in [4.78, 5) is 0. The van der Waals surface area contributed by atoms with Crippen LogP contribution in [0.4, 0.5) is 0 Å². The maximum absolute atomic E-state index is 6.78. The molecule has 0 heterocycles. The first-order chi connectivity index (χ1) is 3.27. The first-order valence-electron chi connectivity index (χ1n) is 2.71. The van der Waals surface area contributed by atoms with Gasteiger partial charge in [-0.2, -0.15) is 26.8 Å². The summed E-state index contributed by atoms with van der Waals surface area (Å²) in [5, 5.41) is 0. The first-order valence-corrected chi connectivity index (χ1v) is 2.71. The second kappa shape index (κ2) is 8.06. The summed E-state index contributed by atoms with van der Waals surface area (Å²) in [6, 6.07) is 0. The fourth-order valence-electron chi connectivity index (χ4n) is 0.442. The SMILES string of the molecule is C[C-](C)CCC[NH-].[Y]. The molecular formula is C6H13NY-2. The predicted molar refractivity (Wildman–Crippen MR) is 33.0 cm³/mol. The summed E-state index contributed by atoms with van der Waals surface area (Å²) >= 11 is 0. The fourth-order valence-corrected chi connectivity index (χ4v) is 0.442. The zero-order chi connectivity index (χ0) is 5.70. The summed E-state index contributed by atoms with van der Waals surface area (Å²) in [6.45, 7) is 4.79. The molecule has 0 aliphatic rings. The standard InChI is InChI=1S/C6H13N.Y/c1-6(2)4-3-5-7;/h7H,3-5H2,1-2H3;/q-2;. The van der Waals surface area contributed by atoms with Crippen LogP contribution in [0.2, 0.25) is 0 Å². The van der Waals surface area contributed by atoms with E-state index >= 15 is 0 Å². The van der Waals surface area contributed by atoms with Crippen LogP contribution in [0.15, 0.2) is 0 Å². The van der Waals surface area contributed by atoms with Crippen LogP contribution in [0.25, 0.3) is 5.73 Å². The number of hydrogen-bond acceptors (Lipinski definition) is 0. The molecule has 0 aliphatic carbocycles. The molecule has 1 N–H and O–H groups in total. The number of rotatable bonds is 3. The van der Waals surface area contributed by atoms with Gasteiger partial charge >= 0.3 is 0 Å². The van der Waals surface area contributed by atoms with Crippen molar-refractivity contribution >= 4 is 0 Å². The van der Waals surface area contributed by atoms with Gasteiger partial charge in [-0.1, -0.05) is 6.42 Å². The van der Waals surface area contributed by atoms with Gasteiger partial charge in [-0.15, -0.1) is 0 Å². The van der Waals surface area contributed by atoms with Gasteiger partial charge in [0.1, 0.15) is 0 Å². The maximum Gasteiger partial charge on any atom is 0 e. The third-order valence-electron chi connectivity index (χ3n) is 0.854. The Bertz CT molecular complexity index is 37.5. The van der Waals surface area contributed by atoms with Gasteiger partial charge in [0.25, 0.3) is 0 Å². The Morgan fingerprint density at radius 3 is 2.00 bits per heavy atom. The number of hydrogen-bond donors (Lipinski definition) is 0. The topological polar surface area (TPSA) is 23.8 Å². The van der Waals surface area contributed by atoms with Crippen molar-refractivity contribution in [2.24, 2.45) is 0 Å². The molecule has 8 heavy (non-hydrogen) atoms. The van der Waals surface area contributed by atoms with Gasteiger partial charge in [-0.05, 0) is 0 Å². The first kappa shape index (κ1) is 11.8. The average Bonchev–Trinajstić information content (AvgIpc) is 1.61. The molecule has 0 spiro atoms. The second-order valence-corrected chi connectivity index (χ2v) is 2.06. The van der Waals surface area contributed by atoms with E-state index < -0.39 is 0 Å². The van der Waals surface area contributed by atoms with Crippen molar-refractivity contribution in [2.75, 3.05) is 6.54 Å². The Balaban J connectivity index is 0. The van der Waals surface area contributed by atoms with Crippen molar-refractivity contribution in [3.05, 3.63) is 11.7 Å². The quantitative estimate of drug-likeness (QED) is 0.607. The van der Waals surface area contributed by atoms with Gasteiger partial charge < -0.3 is 11.7 Å². The minimum absolute atomic E-state index is 0. The van der Waals surface area contributed by atoms with Crippen molar-refractivity contribution in [3.8, 4) is 0 Å². The van der Waals surface area contributed by atoms with Crippen LogP contribution in [0, 0.1) is 5.92 Å². The summed E-state index contributed by atoms with van der Waals surface area (Å²) in [7, 11) is 0. The summed E-state index contributed by atoms with van der Waals surface area (Å²) in [5.74, 6) is 1.44. The van der Waals surface area contributed by atoms with Crippen molar-refractivity contribution in [2.45, 2.75) is 26.7 Å². The van der Waals surface area contributed by atoms with Crippen molar-refractivity contribution in [1.29, 1.82) is 0 Å². The fraction of sp³-hybridized carbons (Fsp3) is 0.833. The molecular weight excluding hydrogens is 175 g/mol. The van der Waals surface area contributed by atoms with E-state index in [2.05, 4.69) is 13.8 Å². The molecule has 0 atom stereocenters. The Labute approximate surface area is 77.3 Å². The molecule has 0 saturated carbocycles. The molecule has 0 bridgehead atoms. The van der Waals surface area contributed by atoms with Crippen LogP contribution >= 0.6 is 0 Å². The molecule has 0 aromatic carbocycles. The zero-order valence-corrected chi connectivity index (χ0v) is 8.54. The van der Waals surface area contributed by atoms with Gasteiger partial charge in [0.05, 0.1) is 0 Å². The minimum atomic E-state index is 0. The molecule has 0 aliphatic heterocycles. The van der Waals surface area contributed by atoms with E-state index in [1.54, 1.807) is 0 Å².